The third kappa shape index (κ3) is 4.95. The lowest BCUT2D eigenvalue weighted by molar-refractivity contribution is -0.123. The zero-order valence-electron chi connectivity index (χ0n) is 14.0. The Balaban J connectivity index is 0.00000208. The van der Waals surface area contributed by atoms with Crippen molar-refractivity contribution in [1.29, 1.82) is 0 Å². The number of benzene rings is 1. The zero-order valence-corrected chi connectivity index (χ0v) is 14.8. The van der Waals surface area contributed by atoms with Gasteiger partial charge in [-0.05, 0) is 31.2 Å². The van der Waals surface area contributed by atoms with Crippen LogP contribution in [0.4, 0.5) is 0 Å². The van der Waals surface area contributed by atoms with E-state index in [9.17, 15) is 9.59 Å². The summed E-state index contributed by atoms with van der Waals surface area (Å²) >= 11 is 0. The molecular formula is C18H26ClN3O2. The Morgan fingerprint density at radius 1 is 1.17 bits per heavy atom. The second-order valence-electron chi connectivity index (χ2n) is 6.74. The molecule has 1 aromatic rings. The predicted molar refractivity (Wildman–Crippen MR) is 96.0 cm³/mol. The molecule has 2 aliphatic rings. The molecule has 0 spiro atoms. The highest BCUT2D eigenvalue weighted by atomic mass is 35.5. The first-order valence-corrected chi connectivity index (χ1v) is 8.47. The maximum Gasteiger partial charge on any atom is 0.222 e. The van der Waals surface area contributed by atoms with Crippen LogP contribution in [0.2, 0.25) is 0 Å². The van der Waals surface area contributed by atoms with Crippen molar-refractivity contribution in [3.8, 4) is 0 Å². The van der Waals surface area contributed by atoms with E-state index in [1.165, 1.54) is 19.8 Å². The maximum absolute atomic E-state index is 12.4. The van der Waals surface area contributed by atoms with Crippen LogP contribution in [0.1, 0.15) is 50.6 Å². The number of piperidine rings is 1. The SMILES string of the molecule is CC(=O)NC(CC(=O)NC1CC2CCC(C1)N2)c1ccccc1.Cl. The molecule has 1 aromatic carbocycles. The van der Waals surface area contributed by atoms with Crippen LogP contribution in [0.25, 0.3) is 0 Å². The van der Waals surface area contributed by atoms with Crippen molar-refractivity contribution >= 4 is 24.2 Å². The number of carbonyl (C=O) groups is 2. The molecule has 3 rings (SSSR count). The molecule has 2 heterocycles. The summed E-state index contributed by atoms with van der Waals surface area (Å²) in [6.07, 6.45) is 4.74. The van der Waals surface area contributed by atoms with Gasteiger partial charge >= 0.3 is 0 Å². The molecule has 24 heavy (non-hydrogen) atoms. The van der Waals surface area contributed by atoms with Gasteiger partial charge in [0.25, 0.3) is 0 Å². The van der Waals surface area contributed by atoms with Crippen LogP contribution in [0.15, 0.2) is 30.3 Å². The van der Waals surface area contributed by atoms with Gasteiger partial charge in [0.05, 0.1) is 12.5 Å². The third-order valence-corrected chi connectivity index (χ3v) is 4.81. The van der Waals surface area contributed by atoms with Gasteiger partial charge in [-0.15, -0.1) is 12.4 Å². The van der Waals surface area contributed by atoms with Gasteiger partial charge in [0.15, 0.2) is 0 Å². The second-order valence-corrected chi connectivity index (χ2v) is 6.74. The Morgan fingerprint density at radius 3 is 2.38 bits per heavy atom. The van der Waals surface area contributed by atoms with Gasteiger partial charge < -0.3 is 16.0 Å². The number of carbonyl (C=O) groups excluding carboxylic acids is 2. The van der Waals surface area contributed by atoms with Crippen molar-refractivity contribution in [2.24, 2.45) is 0 Å². The molecule has 2 fully saturated rings. The van der Waals surface area contributed by atoms with E-state index in [1.54, 1.807) is 0 Å². The zero-order chi connectivity index (χ0) is 16.2. The van der Waals surface area contributed by atoms with Crippen molar-refractivity contribution in [1.82, 2.24) is 16.0 Å². The molecule has 0 aromatic heterocycles. The number of nitrogens with one attached hydrogen (secondary N) is 3. The summed E-state index contributed by atoms with van der Waals surface area (Å²) in [7, 11) is 0. The Bertz CT molecular complexity index is 555. The molecule has 3 N–H and O–H groups in total. The van der Waals surface area contributed by atoms with E-state index in [1.807, 2.05) is 30.3 Å². The van der Waals surface area contributed by atoms with Crippen LogP contribution in [-0.2, 0) is 9.59 Å². The standard InChI is InChI=1S/C18H25N3O2.ClH/c1-12(22)19-17(13-5-3-2-4-6-13)11-18(23)21-16-9-14-7-8-15(10-16)20-14;/h2-6,14-17,20H,7-11H2,1H3,(H,19,22)(H,21,23);1H. The molecule has 6 heteroatoms. The fraction of sp³-hybridized carbons (Fsp3) is 0.556. The summed E-state index contributed by atoms with van der Waals surface area (Å²) in [4.78, 5) is 23.9. The van der Waals surface area contributed by atoms with Crippen LogP contribution in [0.3, 0.4) is 0 Å². The van der Waals surface area contributed by atoms with Gasteiger partial charge in [-0.2, -0.15) is 0 Å². The first-order valence-electron chi connectivity index (χ1n) is 8.47. The smallest absolute Gasteiger partial charge is 0.222 e. The average Bonchev–Trinajstić information content (AvgIpc) is 2.86. The molecule has 5 nitrogen and oxygen atoms in total. The summed E-state index contributed by atoms with van der Waals surface area (Å²) in [5.41, 5.74) is 0.961. The van der Waals surface area contributed by atoms with Crippen molar-refractivity contribution < 1.29 is 9.59 Å². The van der Waals surface area contributed by atoms with E-state index in [-0.39, 0.29) is 42.7 Å². The van der Waals surface area contributed by atoms with Gasteiger partial charge in [0.2, 0.25) is 11.8 Å². The molecular weight excluding hydrogens is 326 g/mol. The second kappa shape index (κ2) is 8.49. The maximum atomic E-state index is 12.4. The molecule has 132 valence electrons. The van der Waals surface area contributed by atoms with E-state index in [0.717, 1.165) is 18.4 Å². The summed E-state index contributed by atoms with van der Waals surface area (Å²) in [6, 6.07) is 10.8. The molecule has 0 radical (unpaired) electrons. The minimum Gasteiger partial charge on any atom is -0.353 e. The summed E-state index contributed by atoms with van der Waals surface area (Å²) in [6.45, 7) is 1.48. The van der Waals surface area contributed by atoms with E-state index in [2.05, 4.69) is 16.0 Å². The van der Waals surface area contributed by atoms with Gasteiger partial charge in [-0.25, -0.2) is 0 Å². The summed E-state index contributed by atoms with van der Waals surface area (Å²) < 4.78 is 0. The molecule has 2 bridgehead atoms. The fourth-order valence-corrected chi connectivity index (χ4v) is 3.83. The molecule has 2 amide bonds. The number of hydrogen-bond acceptors (Lipinski definition) is 3. The molecule has 0 saturated carbocycles. The Labute approximate surface area is 149 Å². The van der Waals surface area contributed by atoms with Gasteiger partial charge in [-0.3, -0.25) is 9.59 Å². The normalized spacial score (nSPS) is 26.1. The van der Waals surface area contributed by atoms with E-state index in [4.69, 9.17) is 0 Å². The highest BCUT2D eigenvalue weighted by Gasteiger charge is 2.34. The molecule has 3 atom stereocenters. The van der Waals surface area contributed by atoms with Crippen LogP contribution in [0.5, 0.6) is 0 Å². The highest BCUT2D eigenvalue weighted by molar-refractivity contribution is 5.85. The van der Waals surface area contributed by atoms with Crippen LogP contribution in [-0.4, -0.2) is 29.9 Å². The first-order chi connectivity index (χ1) is 11.1. The minimum absolute atomic E-state index is 0. The number of amides is 2. The third-order valence-electron chi connectivity index (χ3n) is 4.81. The minimum atomic E-state index is -0.271. The first kappa shape index (κ1) is 18.7. The van der Waals surface area contributed by atoms with Crippen molar-refractivity contribution in [3.63, 3.8) is 0 Å². The fourth-order valence-electron chi connectivity index (χ4n) is 3.83. The van der Waals surface area contributed by atoms with Gasteiger partial charge in [0, 0.05) is 25.0 Å². The Hall–Kier alpha value is -1.59. The van der Waals surface area contributed by atoms with Crippen LogP contribution < -0.4 is 16.0 Å². The van der Waals surface area contributed by atoms with Crippen molar-refractivity contribution in [2.45, 2.75) is 63.2 Å². The topological polar surface area (TPSA) is 70.2 Å². The summed E-state index contributed by atoms with van der Waals surface area (Å²) in [5, 5.41) is 9.62. The van der Waals surface area contributed by atoms with Crippen molar-refractivity contribution in [2.75, 3.05) is 0 Å². The number of hydrogen-bond donors (Lipinski definition) is 3. The molecule has 3 unspecified atom stereocenters. The predicted octanol–water partition coefficient (Wildman–Crippen LogP) is 2.07. The van der Waals surface area contributed by atoms with Gasteiger partial charge in [0.1, 0.15) is 0 Å². The van der Waals surface area contributed by atoms with Gasteiger partial charge in [-0.1, -0.05) is 30.3 Å². The Kier molecular flexibility index (Phi) is 6.63. The monoisotopic (exact) mass is 351 g/mol. The summed E-state index contributed by atoms with van der Waals surface area (Å²) in [5.74, 6) is -0.106. The van der Waals surface area contributed by atoms with E-state index >= 15 is 0 Å². The molecule has 2 aliphatic heterocycles. The Morgan fingerprint density at radius 2 is 1.79 bits per heavy atom. The lowest BCUT2D eigenvalue weighted by atomic mass is 9.98. The lowest BCUT2D eigenvalue weighted by Gasteiger charge is -2.30. The highest BCUT2D eigenvalue weighted by Crippen LogP contribution is 2.27. The van der Waals surface area contributed by atoms with Crippen LogP contribution in [0, 0.1) is 0 Å². The molecule has 2 saturated heterocycles. The molecule has 0 aliphatic carbocycles. The average molecular weight is 352 g/mol. The quantitative estimate of drug-likeness (QED) is 0.760. The van der Waals surface area contributed by atoms with Crippen molar-refractivity contribution in [3.05, 3.63) is 35.9 Å². The largest absolute Gasteiger partial charge is 0.353 e. The van der Waals surface area contributed by atoms with Crippen LogP contribution >= 0.6 is 12.4 Å². The number of rotatable bonds is 5. The van der Waals surface area contributed by atoms with E-state index < -0.39 is 0 Å². The lowest BCUT2D eigenvalue weighted by Crippen LogP contribution is -2.48. The van der Waals surface area contributed by atoms with E-state index in [0.29, 0.717) is 12.1 Å². The number of halogens is 1. The number of fused-ring (bicyclic) bond motifs is 2.